The number of thioether (sulfide) groups is 1. The van der Waals surface area contributed by atoms with E-state index in [4.69, 9.17) is 16.9 Å². The molecule has 150 valence electrons. The Hall–Kier alpha value is -2.93. The summed E-state index contributed by atoms with van der Waals surface area (Å²) in [7, 11) is 0. The topological polar surface area (TPSA) is 93.8 Å². The minimum Gasteiger partial charge on any atom is -0.345 e. The van der Waals surface area contributed by atoms with E-state index in [2.05, 4.69) is 29.8 Å². The second-order valence-corrected chi connectivity index (χ2v) is 8.40. The van der Waals surface area contributed by atoms with Crippen molar-refractivity contribution in [3.63, 3.8) is 0 Å². The molecule has 4 heterocycles. The number of thiazole rings is 1. The van der Waals surface area contributed by atoms with E-state index in [1.807, 2.05) is 47.4 Å². The molecule has 7 nitrogen and oxygen atoms in total. The highest BCUT2D eigenvalue weighted by Crippen LogP contribution is 2.21. The average molecular weight is 454 g/mol. The molecule has 0 radical (unpaired) electrons. The zero-order valence-corrected chi connectivity index (χ0v) is 18.1. The van der Waals surface area contributed by atoms with Gasteiger partial charge in [-0.2, -0.15) is 5.26 Å². The molecule has 1 aliphatic rings. The Labute approximate surface area is 186 Å². The fourth-order valence-electron chi connectivity index (χ4n) is 2.85. The lowest BCUT2D eigenvalue weighted by Crippen LogP contribution is -2.23. The van der Waals surface area contributed by atoms with E-state index in [9.17, 15) is 0 Å². The van der Waals surface area contributed by atoms with Crippen LogP contribution in [0.1, 0.15) is 5.56 Å². The monoisotopic (exact) mass is 453 g/mol. The van der Waals surface area contributed by atoms with Crippen molar-refractivity contribution in [3.05, 3.63) is 64.2 Å². The number of nitrogens with one attached hydrogen (secondary N) is 1. The third kappa shape index (κ3) is 4.97. The summed E-state index contributed by atoms with van der Waals surface area (Å²) < 4.78 is 0. The molecule has 0 unspecified atom stereocenters. The molecule has 1 fully saturated rings. The lowest BCUT2D eigenvalue weighted by molar-refractivity contribution is 0.456. The summed E-state index contributed by atoms with van der Waals surface area (Å²) in [5, 5.41) is 11.8. The van der Waals surface area contributed by atoms with Crippen molar-refractivity contribution in [1.82, 2.24) is 24.8 Å². The largest absolute Gasteiger partial charge is 0.345 e. The van der Waals surface area contributed by atoms with Gasteiger partial charge in [0.1, 0.15) is 10.8 Å². The van der Waals surface area contributed by atoms with Crippen LogP contribution in [0.25, 0.3) is 22.6 Å². The van der Waals surface area contributed by atoms with E-state index in [0.29, 0.717) is 5.15 Å². The van der Waals surface area contributed by atoms with Crippen molar-refractivity contribution < 1.29 is 0 Å². The number of amidine groups is 1. The van der Waals surface area contributed by atoms with Gasteiger partial charge in [-0.3, -0.25) is 0 Å². The predicted octanol–water partition coefficient (Wildman–Crippen LogP) is 4.81. The van der Waals surface area contributed by atoms with Gasteiger partial charge in [-0.05, 0) is 23.8 Å². The van der Waals surface area contributed by atoms with Crippen LogP contribution >= 0.6 is 34.7 Å². The van der Waals surface area contributed by atoms with Crippen LogP contribution in [0.4, 0.5) is 0 Å². The number of rotatable bonds is 3. The maximum atomic E-state index is 8.54. The van der Waals surface area contributed by atoms with Gasteiger partial charge in [-0.1, -0.05) is 41.6 Å². The predicted molar refractivity (Wildman–Crippen MR) is 122 cm³/mol. The zero-order valence-electron chi connectivity index (χ0n) is 15.7. The molecule has 0 atom stereocenters. The molecule has 3 aromatic heterocycles. The molecule has 10 heteroatoms. The van der Waals surface area contributed by atoms with E-state index in [1.165, 1.54) is 0 Å². The molecule has 0 aliphatic carbocycles. The number of hydrogen-bond acceptors (Lipinski definition) is 7. The molecule has 4 aromatic rings. The highest BCUT2D eigenvalue weighted by molar-refractivity contribution is 8.14. The number of hydrogen-bond donors (Lipinski definition) is 1. The Morgan fingerprint density at radius 2 is 2.13 bits per heavy atom. The number of nitrogens with zero attached hydrogens (tertiary/aromatic N) is 6. The van der Waals surface area contributed by atoms with E-state index >= 15 is 0 Å². The Kier molecular flexibility index (Phi) is 6.59. The number of fused-ring (bicyclic) bond motifs is 1. The van der Waals surface area contributed by atoms with Gasteiger partial charge in [-0.25, -0.2) is 15.0 Å². The van der Waals surface area contributed by atoms with Gasteiger partial charge in [0.25, 0.3) is 0 Å². The second kappa shape index (κ2) is 9.71. The fraction of sp³-hybridized carbons (Fsp3) is 0.150. The van der Waals surface area contributed by atoms with Crippen molar-refractivity contribution in [1.29, 1.82) is 5.26 Å². The molecular weight excluding hydrogens is 438 g/mol. The van der Waals surface area contributed by atoms with Crippen LogP contribution in [0, 0.1) is 11.5 Å². The molecule has 0 amide bonds. The number of imidazole rings is 1. The molecule has 1 N–H and O–H groups in total. The number of benzene rings is 1. The first-order valence-corrected chi connectivity index (χ1v) is 11.3. The quantitative estimate of drug-likeness (QED) is 0.353. The molecule has 0 saturated carbocycles. The van der Waals surface area contributed by atoms with Gasteiger partial charge in [0.2, 0.25) is 6.19 Å². The standard InChI is InChI=1S/C10H9ClN4S.C10H7N3S/c11-9-2-1-8(5-13-9)6-15-3-4-16-10(15)14-7-12;1-2-4-8-7(3-1)12-10(13-8)9-5-14-6-11-9/h1-2,5H,3-4,6H2;1-6H,(H,12,13)/b14-10-;. The molecule has 30 heavy (non-hydrogen) atoms. The summed E-state index contributed by atoms with van der Waals surface area (Å²) in [6, 6.07) is 11.7. The first-order valence-electron chi connectivity index (χ1n) is 9.01. The van der Waals surface area contributed by atoms with Gasteiger partial charge in [0.05, 0.1) is 16.5 Å². The number of halogens is 1. The summed E-state index contributed by atoms with van der Waals surface area (Å²) in [6.45, 7) is 1.63. The van der Waals surface area contributed by atoms with Crippen molar-refractivity contribution in [3.8, 4) is 17.7 Å². The summed E-state index contributed by atoms with van der Waals surface area (Å²) in [6.07, 6.45) is 3.57. The summed E-state index contributed by atoms with van der Waals surface area (Å²) >= 11 is 8.89. The van der Waals surface area contributed by atoms with E-state index in [-0.39, 0.29) is 0 Å². The molecule has 1 aromatic carbocycles. The Bertz CT molecular complexity index is 1150. The number of para-hydroxylation sites is 2. The molecule has 0 spiro atoms. The highest BCUT2D eigenvalue weighted by Gasteiger charge is 2.19. The van der Waals surface area contributed by atoms with Crippen molar-refractivity contribution in [2.75, 3.05) is 12.3 Å². The first-order chi connectivity index (χ1) is 14.7. The molecule has 1 aliphatic heterocycles. The van der Waals surface area contributed by atoms with Gasteiger partial charge in [0.15, 0.2) is 11.0 Å². The molecule has 0 bridgehead atoms. The lowest BCUT2D eigenvalue weighted by atomic mass is 10.3. The minimum absolute atomic E-state index is 0.491. The molecule has 1 saturated heterocycles. The summed E-state index contributed by atoms with van der Waals surface area (Å²) in [5.41, 5.74) is 5.82. The number of pyridine rings is 1. The highest BCUT2D eigenvalue weighted by atomic mass is 35.5. The Morgan fingerprint density at radius 1 is 1.23 bits per heavy atom. The van der Waals surface area contributed by atoms with E-state index in [1.54, 1.807) is 35.4 Å². The number of nitriles is 1. The SMILES string of the molecule is N#C/N=C1\SCCN1Cc1ccc(Cl)nc1.c1ccc2[nH]c(-c3cscn3)nc2c1. The third-order valence-electron chi connectivity index (χ3n) is 4.23. The number of aliphatic imine (C=N–C) groups is 1. The minimum atomic E-state index is 0.491. The van der Waals surface area contributed by atoms with E-state index in [0.717, 1.165) is 52.1 Å². The molecular formula is C20H16ClN7S2. The van der Waals surface area contributed by atoms with Crippen molar-refractivity contribution in [2.45, 2.75) is 6.54 Å². The van der Waals surface area contributed by atoms with Crippen molar-refractivity contribution in [2.24, 2.45) is 4.99 Å². The van der Waals surface area contributed by atoms with Crippen LogP contribution in [0.2, 0.25) is 5.15 Å². The van der Waals surface area contributed by atoms with Gasteiger partial charge >= 0.3 is 0 Å². The Morgan fingerprint density at radius 3 is 2.87 bits per heavy atom. The summed E-state index contributed by atoms with van der Waals surface area (Å²) in [4.78, 5) is 21.8. The van der Waals surface area contributed by atoms with Crippen LogP contribution in [0.15, 0.2) is 58.5 Å². The Balaban J connectivity index is 0.000000146. The van der Waals surface area contributed by atoms with Gasteiger partial charge in [-0.15, -0.1) is 16.3 Å². The van der Waals surface area contributed by atoms with Crippen LogP contribution in [0.5, 0.6) is 0 Å². The normalized spacial score (nSPS) is 14.5. The van der Waals surface area contributed by atoms with Crippen LogP contribution in [-0.4, -0.2) is 42.3 Å². The number of aromatic amines is 1. The zero-order chi connectivity index (χ0) is 20.8. The maximum absolute atomic E-state index is 8.54. The second-order valence-electron chi connectivity index (χ2n) is 6.23. The number of H-pyrrole nitrogens is 1. The van der Waals surface area contributed by atoms with Crippen molar-refractivity contribution >= 4 is 50.9 Å². The summed E-state index contributed by atoms with van der Waals surface area (Å²) in [5.74, 6) is 1.81. The first kappa shape index (κ1) is 20.3. The van der Waals surface area contributed by atoms with Gasteiger partial charge < -0.3 is 9.88 Å². The third-order valence-corrected chi connectivity index (χ3v) is 6.04. The maximum Gasteiger partial charge on any atom is 0.208 e. The van der Waals surface area contributed by atoms with Crippen LogP contribution in [0.3, 0.4) is 0 Å². The smallest absolute Gasteiger partial charge is 0.208 e. The molecule has 5 rings (SSSR count). The van der Waals surface area contributed by atoms with Crippen LogP contribution in [-0.2, 0) is 6.54 Å². The number of aromatic nitrogens is 4. The fourth-order valence-corrected chi connectivity index (χ4v) is 4.44. The average Bonchev–Trinajstić information content (AvgIpc) is 3.51. The van der Waals surface area contributed by atoms with Crippen LogP contribution < -0.4 is 0 Å². The van der Waals surface area contributed by atoms with E-state index < -0.39 is 0 Å². The van der Waals surface area contributed by atoms with Gasteiger partial charge in [0, 0.05) is 30.4 Å². The lowest BCUT2D eigenvalue weighted by Gasteiger charge is -2.16.